The highest BCUT2D eigenvalue weighted by Gasteiger charge is 2.10. The van der Waals surface area contributed by atoms with Crippen molar-refractivity contribution >= 4 is 29.3 Å². The van der Waals surface area contributed by atoms with E-state index in [0.29, 0.717) is 23.9 Å². The zero-order valence-corrected chi connectivity index (χ0v) is 24.0. The summed E-state index contributed by atoms with van der Waals surface area (Å²) in [7, 11) is 0. The van der Waals surface area contributed by atoms with E-state index < -0.39 is 0 Å². The van der Waals surface area contributed by atoms with Gasteiger partial charge in [0.2, 0.25) is 11.9 Å². The minimum atomic E-state index is 0.198. The van der Waals surface area contributed by atoms with Gasteiger partial charge in [-0.25, -0.2) is 19.9 Å². The van der Waals surface area contributed by atoms with Gasteiger partial charge in [-0.15, -0.1) is 0 Å². The zero-order valence-electron chi connectivity index (χ0n) is 23.2. The number of nitrogens with one attached hydrogen (secondary N) is 2. The standard InChI is InChI=1S/C17H21N7.C12H12ClN3/c1-10-5-4-6-13(11(10)2)14-9-16(22-17(18)21-14)19-8-7-15-20-12(3)23-24-15;1-7-4-3-5-9(8(7)2)10-6-11(13)16-12(14)15-10/h4-6,9H,7-8H2,1-3H3,(H,20,23,24)(H3,18,19,21,22);3-6H,1-2H3,(H2,14,15,16). The van der Waals surface area contributed by atoms with E-state index in [-0.39, 0.29) is 11.9 Å². The van der Waals surface area contributed by atoms with Crippen molar-refractivity contribution in [1.82, 2.24) is 35.1 Å². The second-order valence-corrected chi connectivity index (χ2v) is 9.83. The molecule has 0 saturated carbocycles. The van der Waals surface area contributed by atoms with Crippen molar-refractivity contribution in [2.24, 2.45) is 0 Å². The number of anilines is 3. The highest BCUT2D eigenvalue weighted by Crippen LogP contribution is 2.27. The fourth-order valence-corrected chi connectivity index (χ4v) is 4.32. The van der Waals surface area contributed by atoms with Crippen LogP contribution < -0.4 is 16.8 Å². The van der Waals surface area contributed by atoms with Crippen molar-refractivity contribution in [2.45, 2.75) is 41.0 Å². The number of nitrogen functional groups attached to an aromatic ring is 2. The predicted octanol–water partition coefficient (Wildman–Crippen LogP) is 5.42. The normalized spacial score (nSPS) is 10.7. The van der Waals surface area contributed by atoms with Gasteiger partial charge < -0.3 is 16.8 Å². The first-order valence-electron chi connectivity index (χ1n) is 12.8. The minimum Gasteiger partial charge on any atom is -0.369 e. The molecule has 0 aliphatic carbocycles. The number of rotatable bonds is 6. The molecule has 6 N–H and O–H groups in total. The summed E-state index contributed by atoms with van der Waals surface area (Å²) < 4.78 is 0. The topological polar surface area (TPSA) is 157 Å². The van der Waals surface area contributed by atoms with E-state index in [4.69, 9.17) is 23.1 Å². The number of halogens is 1. The molecule has 206 valence electrons. The highest BCUT2D eigenvalue weighted by molar-refractivity contribution is 6.29. The molecule has 5 rings (SSSR count). The lowest BCUT2D eigenvalue weighted by Crippen LogP contribution is -2.09. The Hall–Kier alpha value is -4.57. The molecule has 0 aliphatic heterocycles. The Balaban J connectivity index is 0.000000201. The number of hydrogen-bond acceptors (Lipinski definition) is 9. The van der Waals surface area contributed by atoms with Crippen molar-refractivity contribution in [2.75, 3.05) is 23.3 Å². The summed E-state index contributed by atoms with van der Waals surface area (Å²) >= 11 is 5.86. The van der Waals surface area contributed by atoms with Crippen LogP contribution in [0.3, 0.4) is 0 Å². The monoisotopic (exact) mass is 556 g/mol. The number of aryl methyl sites for hydroxylation is 3. The summed E-state index contributed by atoms with van der Waals surface area (Å²) in [6, 6.07) is 15.8. The van der Waals surface area contributed by atoms with E-state index in [2.05, 4.69) is 80.3 Å². The van der Waals surface area contributed by atoms with E-state index in [1.807, 2.05) is 37.3 Å². The Morgan fingerprint density at radius 1 is 0.750 bits per heavy atom. The summed E-state index contributed by atoms with van der Waals surface area (Å²) in [4.78, 5) is 20.9. The lowest BCUT2D eigenvalue weighted by molar-refractivity contribution is 0.896. The number of aromatic amines is 1. The molecule has 3 heterocycles. The van der Waals surface area contributed by atoms with Crippen LogP contribution in [-0.2, 0) is 6.42 Å². The van der Waals surface area contributed by atoms with Gasteiger partial charge in [-0.1, -0.05) is 48.0 Å². The fourth-order valence-electron chi connectivity index (χ4n) is 4.13. The van der Waals surface area contributed by atoms with Crippen molar-refractivity contribution < 1.29 is 0 Å². The lowest BCUT2D eigenvalue weighted by atomic mass is 10.0. The number of nitrogens with zero attached hydrogens (tertiary/aromatic N) is 6. The molecule has 5 aromatic rings. The van der Waals surface area contributed by atoms with Crippen LogP contribution in [0.15, 0.2) is 48.5 Å². The second kappa shape index (κ2) is 12.5. The molecule has 10 nitrogen and oxygen atoms in total. The molecule has 0 amide bonds. The Kier molecular flexibility index (Phi) is 8.90. The number of hydrogen-bond donors (Lipinski definition) is 4. The van der Waals surface area contributed by atoms with Crippen molar-refractivity contribution in [3.05, 3.63) is 87.6 Å². The summed E-state index contributed by atoms with van der Waals surface area (Å²) in [5.41, 5.74) is 19.9. The van der Waals surface area contributed by atoms with Crippen LogP contribution in [0.2, 0.25) is 5.15 Å². The van der Waals surface area contributed by atoms with Crippen molar-refractivity contribution in [1.29, 1.82) is 0 Å². The molecule has 0 radical (unpaired) electrons. The molecule has 0 spiro atoms. The average Bonchev–Trinajstić information content (AvgIpc) is 3.31. The van der Waals surface area contributed by atoms with Gasteiger partial charge in [0.25, 0.3) is 0 Å². The molecule has 0 bridgehead atoms. The van der Waals surface area contributed by atoms with Gasteiger partial charge in [-0.3, -0.25) is 5.10 Å². The number of nitrogens with two attached hydrogens (primary N) is 2. The average molecular weight is 557 g/mol. The van der Waals surface area contributed by atoms with Gasteiger partial charge >= 0.3 is 0 Å². The molecule has 0 fully saturated rings. The SMILES string of the molecule is Cc1cccc(-c2cc(Cl)nc(N)n2)c1C.Cc1nc(CCNc2cc(-c3cccc(C)c3C)nc(N)n2)n[nH]1. The molecule has 40 heavy (non-hydrogen) atoms. The van der Waals surface area contributed by atoms with Gasteiger partial charge in [0, 0.05) is 36.2 Å². The van der Waals surface area contributed by atoms with Gasteiger partial charge in [-0.2, -0.15) is 10.1 Å². The Labute approximate surface area is 238 Å². The summed E-state index contributed by atoms with van der Waals surface area (Å²) in [6.07, 6.45) is 0.701. The molecular formula is C29H33ClN10. The third-order valence-corrected chi connectivity index (χ3v) is 6.71. The zero-order chi connectivity index (χ0) is 28.8. The summed E-state index contributed by atoms with van der Waals surface area (Å²) in [5.74, 6) is 2.74. The smallest absolute Gasteiger partial charge is 0.222 e. The minimum absolute atomic E-state index is 0.198. The number of benzene rings is 2. The van der Waals surface area contributed by atoms with Crippen LogP contribution in [0.1, 0.15) is 33.9 Å². The lowest BCUT2D eigenvalue weighted by Gasteiger charge is -2.11. The largest absolute Gasteiger partial charge is 0.369 e. The van der Waals surface area contributed by atoms with Gasteiger partial charge in [0.1, 0.15) is 16.8 Å². The van der Waals surface area contributed by atoms with Crippen LogP contribution in [0, 0.1) is 34.6 Å². The van der Waals surface area contributed by atoms with Crippen LogP contribution in [0.4, 0.5) is 17.7 Å². The summed E-state index contributed by atoms with van der Waals surface area (Å²) in [6.45, 7) is 10.8. The molecule has 0 aliphatic rings. The maximum absolute atomic E-state index is 5.88. The molecule has 2 aromatic carbocycles. The highest BCUT2D eigenvalue weighted by atomic mass is 35.5. The first-order chi connectivity index (χ1) is 19.1. The van der Waals surface area contributed by atoms with Crippen LogP contribution >= 0.6 is 11.6 Å². The molecule has 3 aromatic heterocycles. The van der Waals surface area contributed by atoms with Crippen molar-refractivity contribution in [3.8, 4) is 22.5 Å². The third kappa shape index (κ3) is 7.09. The number of aromatic nitrogens is 7. The van der Waals surface area contributed by atoms with Gasteiger partial charge in [0.05, 0.1) is 11.4 Å². The maximum Gasteiger partial charge on any atom is 0.222 e. The van der Waals surface area contributed by atoms with E-state index in [1.165, 1.54) is 22.3 Å². The molecule has 0 unspecified atom stereocenters. The quantitative estimate of drug-likeness (QED) is 0.200. The van der Waals surface area contributed by atoms with E-state index in [9.17, 15) is 0 Å². The Bertz CT molecular complexity index is 1610. The van der Waals surface area contributed by atoms with Crippen molar-refractivity contribution in [3.63, 3.8) is 0 Å². The number of H-pyrrole nitrogens is 1. The first kappa shape index (κ1) is 28.4. The van der Waals surface area contributed by atoms with Crippen LogP contribution in [-0.4, -0.2) is 41.7 Å². The predicted molar refractivity (Wildman–Crippen MR) is 161 cm³/mol. The molecule has 0 saturated heterocycles. The maximum atomic E-state index is 5.88. The second-order valence-electron chi connectivity index (χ2n) is 9.44. The Morgan fingerprint density at radius 3 is 1.88 bits per heavy atom. The van der Waals surface area contributed by atoms with E-state index in [1.54, 1.807) is 6.07 Å². The molecule has 0 atom stereocenters. The van der Waals surface area contributed by atoms with Gasteiger partial charge in [0.15, 0.2) is 5.82 Å². The van der Waals surface area contributed by atoms with Crippen LogP contribution in [0.5, 0.6) is 0 Å². The summed E-state index contributed by atoms with van der Waals surface area (Å²) in [5, 5.41) is 10.6. The van der Waals surface area contributed by atoms with E-state index in [0.717, 1.165) is 34.2 Å². The first-order valence-corrected chi connectivity index (χ1v) is 13.2. The third-order valence-electron chi connectivity index (χ3n) is 6.52. The van der Waals surface area contributed by atoms with Crippen LogP contribution in [0.25, 0.3) is 22.5 Å². The van der Waals surface area contributed by atoms with Gasteiger partial charge in [-0.05, 0) is 56.9 Å². The molecular weight excluding hydrogens is 524 g/mol. The van der Waals surface area contributed by atoms with E-state index >= 15 is 0 Å². The fraction of sp³-hybridized carbons (Fsp3) is 0.241. The Morgan fingerprint density at radius 2 is 1.32 bits per heavy atom. The molecule has 11 heteroatoms.